The summed E-state index contributed by atoms with van der Waals surface area (Å²) in [5.74, 6) is -0.514. The highest BCUT2D eigenvalue weighted by Crippen LogP contribution is 2.20. The van der Waals surface area contributed by atoms with Crippen LogP contribution in [0.3, 0.4) is 0 Å². The Morgan fingerprint density at radius 3 is 2.46 bits per heavy atom. The molecule has 0 aliphatic carbocycles. The highest BCUT2D eigenvalue weighted by Gasteiger charge is 2.23. The van der Waals surface area contributed by atoms with E-state index in [4.69, 9.17) is 11.5 Å². The van der Waals surface area contributed by atoms with Crippen molar-refractivity contribution in [3.05, 3.63) is 65.2 Å². The van der Waals surface area contributed by atoms with E-state index in [1.165, 1.54) is 0 Å². The second-order valence-electron chi connectivity index (χ2n) is 7.55. The summed E-state index contributed by atoms with van der Waals surface area (Å²) in [4.78, 5) is 26.1. The maximum Gasteiger partial charge on any atom is 0.245 e. The second kappa shape index (κ2) is 8.99. The molecule has 5 N–H and O–H groups in total. The van der Waals surface area contributed by atoms with Crippen LogP contribution in [0.5, 0.6) is 0 Å². The molecule has 6 heteroatoms. The van der Waals surface area contributed by atoms with Gasteiger partial charge < -0.3 is 16.8 Å². The number of carbonyl (C=O) groups excluding carboxylic acids is 2. The number of nitrogens with zero attached hydrogens (tertiary/aromatic N) is 1. The van der Waals surface area contributed by atoms with E-state index in [-0.39, 0.29) is 17.7 Å². The molecule has 0 saturated carbocycles. The molecule has 3 rings (SSSR count). The maximum absolute atomic E-state index is 12.4. The first kappa shape index (κ1) is 20.0. The lowest BCUT2D eigenvalue weighted by molar-refractivity contribution is -0.123. The van der Waals surface area contributed by atoms with Crippen molar-refractivity contribution < 1.29 is 9.59 Å². The lowest BCUT2D eigenvalue weighted by Crippen LogP contribution is -2.40. The number of aryl methyl sites for hydroxylation is 1. The Morgan fingerprint density at radius 1 is 1.14 bits per heavy atom. The smallest absolute Gasteiger partial charge is 0.245 e. The number of nitrogens with two attached hydrogens (primary N) is 2. The van der Waals surface area contributed by atoms with Gasteiger partial charge in [-0.25, -0.2) is 0 Å². The summed E-state index contributed by atoms with van der Waals surface area (Å²) >= 11 is 0. The average molecular weight is 380 g/mol. The second-order valence-corrected chi connectivity index (χ2v) is 7.55. The van der Waals surface area contributed by atoms with E-state index in [2.05, 4.69) is 10.2 Å². The third kappa shape index (κ3) is 5.18. The molecule has 1 aliphatic rings. The average Bonchev–Trinajstić information content (AvgIpc) is 2.69. The van der Waals surface area contributed by atoms with Gasteiger partial charge in [0.05, 0.1) is 5.92 Å². The molecule has 2 unspecified atom stereocenters. The number of nitrogens with one attached hydrogen (secondary N) is 1. The fourth-order valence-corrected chi connectivity index (χ4v) is 3.53. The molecular formula is C22H28N4O2. The number of amides is 2. The fourth-order valence-electron chi connectivity index (χ4n) is 3.53. The van der Waals surface area contributed by atoms with Gasteiger partial charge in [0.2, 0.25) is 11.8 Å². The summed E-state index contributed by atoms with van der Waals surface area (Å²) in [7, 11) is 0. The van der Waals surface area contributed by atoms with Gasteiger partial charge >= 0.3 is 0 Å². The lowest BCUT2D eigenvalue weighted by atomic mass is 9.97. The van der Waals surface area contributed by atoms with E-state index in [0.29, 0.717) is 12.2 Å². The number of piperidine rings is 1. The highest BCUT2D eigenvalue weighted by molar-refractivity contribution is 5.95. The van der Waals surface area contributed by atoms with E-state index in [1.54, 1.807) is 0 Å². The van der Waals surface area contributed by atoms with Crippen molar-refractivity contribution >= 4 is 17.5 Å². The Balaban J connectivity index is 1.56. The summed E-state index contributed by atoms with van der Waals surface area (Å²) in [6, 6.07) is 14.7. The third-order valence-corrected chi connectivity index (χ3v) is 5.25. The Bertz CT molecular complexity index is 817. The quantitative estimate of drug-likeness (QED) is 0.716. The van der Waals surface area contributed by atoms with Crippen LogP contribution >= 0.6 is 0 Å². The molecular weight excluding hydrogens is 352 g/mol. The summed E-state index contributed by atoms with van der Waals surface area (Å²) in [6.07, 6.45) is 1.86. The molecule has 1 heterocycles. The molecule has 2 atom stereocenters. The van der Waals surface area contributed by atoms with Gasteiger partial charge in [-0.1, -0.05) is 42.0 Å². The van der Waals surface area contributed by atoms with Crippen molar-refractivity contribution in [1.82, 2.24) is 4.90 Å². The van der Waals surface area contributed by atoms with E-state index in [9.17, 15) is 9.59 Å². The number of benzene rings is 2. The van der Waals surface area contributed by atoms with E-state index in [1.807, 2.05) is 55.5 Å². The van der Waals surface area contributed by atoms with Crippen molar-refractivity contribution in [3.8, 4) is 0 Å². The number of primary amides is 1. The van der Waals surface area contributed by atoms with Crippen molar-refractivity contribution in [3.63, 3.8) is 0 Å². The maximum atomic E-state index is 12.4. The van der Waals surface area contributed by atoms with Crippen LogP contribution in [0.2, 0.25) is 0 Å². The van der Waals surface area contributed by atoms with Gasteiger partial charge in [-0.3, -0.25) is 14.5 Å². The molecule has 1 saturated heterocycles. The molecule has 1 aliphatic heterocycles. The molecule has 1 fully saturated rings. The number of rotatable bonds is 6. The lowest BCUT2D eigenvalue weighted by Gasteiger charge is -2.31. The van der Waals surface area contributed by atoms with Crippen molar-refractivity contribution in [1.29, 1.82) is 0 Å². The van der Waals surface area contributed by atoms with Crippen LogP contribution in [-0.2, 0) is 16.1 Å². The van der Waals surface area contributed by atoms with Gasteiger partial charge in [0.15, 0.2) is 0 Å². The van der Waals surface area contributed by atoms with Crippen molar-refractivity contribution in [2.24, 2.45) is 17.4 Å². The molecule has 0 aromatic heterocycles. The zero-order valence-electron chi connectivity index (χ0n) is 16.2. The first-order valence-corrected chi connectivity index (χ1v) is 9.66. The molecule has 6 nitrogen and oxygen atoms in total. The van der Waals surface area contributed by atoms with Crippen molar-refractivity contribution in [2.45, 2.75) is 32.4 Å². The summed E-state index contributed by atoms with van der Waals surface area (Å²) in [5.41, 5.74) is 15.3. The predicted molar refractivity (Wildman–Crippen MR) is 110 cm³/mol. The molecule has 0 bridgehead atoms. The third-order valence-electron chi connectivity index (χ3n) is 5.25. The largest absolute Gasteiger partial charge is 0.369 e. The van der Waals surface area contributed by atoms with E-state index >= 15 is 0 Å². The number of hydrogen-bond acceptors (Lipinski definition) is 4. The summed E-state index contributed by atoms with van der Waals surface area (Å²) < 4.78 is 0. The van der Waals surface area contributed by atoms with Gasteiger partial charge in [0, 0.05) is 18.8 Å². The van der Waals surface area contributed by atoms with E-state index < -0.39 is 6.04 Å². The number of anilines is 1. The summed E-state index contributed by atoms with van der Waals surface area (Å²) in [5, 5.41) is 2.87. The minimum Gasteiger partial charge on any atom is -0.369 e. The van der Waals surface area contributed by atoms with Gasteiger partial charge in [0.25, 0.3) is 0 Å². The standard InChI is InChI=1S/C22H28N4O2/c1-15-4-8-17(9-5-15)20(23)22(28)25-19-10-6-16(7-11-19)13-26-12-2-3-18(14-26)21(24)27/h4-11,18,20H,2-3,12-14,23H2,1H3,(H2,24,27)(H,25,28). The SMILES string of the molecule is Cc1ccc(C(N)C(=O)Nc2ccc(CN3CCCC(C(N)=O)C3)cc2)cc1. The van der Waals surface area contributed by atoms with E-state index in [0.717, 1.165) is 42.6 Å². The molecule has 2 amide bonds. The first-order valence-electron chi connectivity index (χ1n) is 9.66. The Morgan fingerprint density at radius 2 is 1.82 bits per heavy atom. The molecule has 2 aromatic carbocycles. The zero-order chi connectivity index (χ0) is 20.1. The van der Waals surface area contributed by atoms with Crippen LogP contribution in [0.4, 0.5) is 5.69 Å². The number of likely N-dealkylation sites (tertiary alicyclic amines) is 1. The number of hydrogen-bond donors (Lipinski definition) is 3. The van der Waals surface area contributed by atoms with Crippen LogP contribution in [-0.4, -0.2) is 29.8 Å². The first-order chi connectivity index (χ1) is 13.4. The highest BCUT2D eigenvalue weighted by atomic mass is 16.2. The Kier molecular flexibility index (Phi) is 6.44. The van der Waals surface area contributed by atoms with Gasteiger partial charge in [-0.05, 0) is 49.6 Å². The Hall–Kier alpha value is -2.70. The van der Waals surface area contributed by atoms with Gasteiger partial charge in [-0.2, -0.15) is 0 Å². The minimum absolute atomic E-state index is 0.0597. The van der Waals surface area contributed by atoms with Gasteiger partial charge in [-0.15, -0.1) is 0 Å². The minimum atomic E-state index is -0.709. The molecule has 0 spiro atoms. The predicted octanol–water partition coefficient (Wildman–Crippen LogP) is 2.33. The normalized spacial score (nSPS) is 18.4. The molecule has 0 radical (unpaired) electrons. The van der Waals surface area contributed by atoms with Crippen LogP contribution in [0.1, 0.15) is 35.6 Å². The molecule has 2 aromatic rings. The van der Waals surface area contributed by atoms with Gasteiger partial charge in [0.1, 0.15) is 6.04 Å². The number of carbonyl (C=O) groups is 2. The zero-order valence-corrected chi connectivity index (χ0v) is 16.2. The molecule has 148 valence electrons. The Labute approximate surface area is 165 Å². The van der Waals surface area contributed by atoms with Crippen molar-refractivity contribution in [2.75, 3.05) is 18.4 Å². The van der Waals surface area contributed by atoms with Crippen LogP contribution in [0.25, 0.3) is 0 Å². The molecule has 28 heavy (non-hydrogen) atoms. The summed E-state index contributed by atoms with van der Waals surface area (Å²) in [6.45, 7) is 4.43. The van der Waals surface area contributed by atoms with Crippen LogP contribution < -0.4 is 16.8 Å². The van der Waals surface area contributed by atoms with Crippen LogP contribution in [0.15, 0.2) is 48.5 Å². The monoisotopic (exact) mass is 380 g/mol. The fraction of sp³-hybridized carbons (Fsp3) is 0.364. The van der Waals surface area contributed by atoms with Crippen LogP contribution in [0, 0.1) is 12.8 Å². The topological polar surface area (TPSA) is 101 Å².